The Morgan fingerprint density at radius 1 is 1.18 bits per heavy atom. The predicted octanol–water partition coefficient (Wildman–Crippen LogP) is 2.81. The van der Waals surface area contributed by atoms with Crippen LogP contribution in [0.1, 0.15) is 0 Å². The maximum atomic E-state index is 4.07. The fourth-order valence-corrected chi connectivity index (χ4v) is 2.17. The Kier molecular flexibility index (Phi) is 1.87. The van der Waals surface area contributed by atoms with Gasteiger partial charge in [-0.3, -0.25) is 0 Å². The number of aromatic amines is 1. The van der Waals surface area contributed by atoms with Crippen LogP contribution in [0.4, 0.5) is 0 Å². The van der Waals surface area contributed by atoms with Crippen molar-refractivity contribution < 1.29 is 0 Å². The van der Waals surface area contributed by atoms with E-state index in [1.165, 1.54) is 20.9 Å². The third-order valence-corrected chi connectivity index (χ3v) is 2.97. The van der Waals surface area contributed by atoms with Crippen LogP contribution in [0.25, 0.3) is 9.40 Å². The lowest BCUT2D eigenvalue weighted by molar-refractivity contribution is 1.39. The molecule has 0 saturated heterocycles. The summed E-state index contributed by atoms with van der Waals surface area (Å²) in [6.07, 6.45) is 1.70. The molecule has 0 aliphatic carbocycles. The molecule has 0 radical (unpaired) electrons. The molecule has 0 saturated carbocycles. The smallest absolute Gasteiger partial charge is 0.114 e. The minimum Gasteiger partial charge on any atom is -0.300 e. The van der Waals surface area contributed by atoms with Crippen molar-refractivity contribution in [2.45, 2.75) is 0 Å². The van der Waals surface area contributed by atoms with E-state index in [2.05, 4.69) is 20.9 Å². The number of H-pyrrole nitrogens is 1. The lowest BCUT2D eigenvalue weighted by Gasteiger charge is -1.84. The van der Waals surface area contributed by atoms with E-state index >= 15 is 0 Å². The van der Waals surface area contributed by atoms with Gasteiger partial charge in [-0.2, -0.15) is 4.37 Å². The van der Waals surface area contributed by atoms with Crippen molar-refractivity contribution in [1.29, 1.82) is 0 Å². The molecule has 4 heteroatoms. The first-order valence-electron chi connectivity index (χ1n) is 3.17. The van der Waals surface area contributed by atoms with Crippen LogP contribution in [0, 0.1) is 0 Å². The zero-order chi connectivity index (χ0) is 7.52. The van der Waals surface area contributed by atoms with Crippen LogP contribution in [0.5, 0.6) is 0 Å². The fraction of sp³-hybridized carbons (Fsp3) is 0. The fourth-order valence-electron chi connectivity index (χ4n) is 0.804. The number of nitrogens with one attached hydrogen (secondary N) is 1. The van der Waals surface area contributed by atoms with Gasteiger partial charge in [0.25, 0.3) is 0 Å². The van der Waals surface area contributed by atoms with Crippen LogP contribution >= 0.6 is 23.1 Å². The Balaban J connectivity index is 2.90. The van der Waals surface area contributed by atoms with Gasteiger partial charge in [0.2, 0.25) is 0 Å². The average Bonchev–Trinajstić information content (AvgIpc) is 2.28. The van der Waals surface area contributed by atoms with Gasteiger partial charge in [0.1, 0.15) is 6.33 Å². The highest BCUT2D eigenvalue weighted by Gasteiger charge is 1.87. The molecule has 11 heavy (non-hydrogen) atoms. The van der Waals surface area contributed by atoms with Crippen LogP contribution < -0.4 is 0 Å². The second kappa shape index (κ2) is 3.02. The zero-order valence-electron chi connectivity index (χ0n) is 5.65. The summed E-state index contributed by atoms with van der Waals surface area (Å²) in [7, 11) is 0. The van der Waals surface area contributed by atoms with E-state index in [-0.39, 0.29) is 0 Å². The summed E-state index contributed by atoms with van der Waals surface area (Å²) in [6.45, 7) is 0. The zero-order valence-corrected chi connectivity index (χ0v) is 7.28. The molecule has 2 rings (SSSR count). The van der Waals surface area contributed by atoms with Gasteiger partial charge in [0.05, 0.1) is 9.40 Å². The largest absolute Gasteiger partial charge is 0.300 e. The molecule has 56 valence electrons. The number of nitrogens with zero attached hydrogens (tertiary/aromatic N) is 1. The normalized spacial score (nSPS) is 9.82. The quantitative estimate of drug-likeness (QED) is 0.666. The highest BCUT2D eigenvalue weighted by atomic mass is 32.1. The second-order valence-electron chi connectivity index (χ2n) is 1.99. The molecule has 0 aliphatic rings. The minimum absolute atomic E-state index is 1.21. The van der Waals surface area contributed by atoms with Crippen LogP contribution in [-0.2, 0) is 0 Å². The molecule has 0 atom stereocenters. The number of rotatable bonds is 0. The molecule has 1 aromatic heterocycles. The molecule has 2 aromatic rings. The van der Waals surface area contributed by atoms with Crippen molar-refractivity contribution in [1.82, 2.24) is 8.75 Å². The molecule has 0 aliphatic heterocycles. The summed E-state index contributed by atoms with van der Waals surface area (Å²) in [6, 6.07) is 8.19. The third-order valence-electron chi connectivity index (χ3n) is 1.27. The second-order valence-corrected chi connectivity index (χ2v) is 3.71. The van der Waals surface area contributed by atoms with Gasteiger partial charge in [-0.25, -0.2) is 0 Å². The molecule has 1 N–H and O–H groups in total. The summed E-state index contributed by atoms with van der Waals surface area (Å²) >= 11 is 3.09. The van der Waals surface area contributed by atoms with Crippen molar-refractivity contribution in [3.05, 3.63) is 30.6 Å². The molecule has 0 spiro atoms. The van der Waals surface area contributed by atoms with Gasteiger partial charge in [-0.15, -0.1) is 0 Å². The molecule has 0 fully saturated rings. The maximum absolute atomic E-state index is 4.07. The number of hydrogen-bond donors (Lipinski definition) is 1. The van der Waals surface area contributed by atoms with E-state index in [0.717, 1.165) is 0 Å². The first kappa shape index (κ1) is 6.82. The monoisotopic (exact) mass is 182 g/mol. The highest BCUT2D eigenvalue weighted by Crippen LogP contribution is 2.16. The highest BCUT2D eigenvalue weighted by molar-refractivity contribution is 7.20. The molecule has 1 heterocycles. The van der Waals surface area contributed by atoms with E-state index in [0.29, 0.717) is 0 Å². The topological polar surface area (TPSA) is 28.7 Å². The first-order valence-corrected chi connectivity index (χ1v) is 4.76. The Hall–Kier alpha value is -0.870. The molecular weight excluding hydrogens is 176 g/mol. The van der Waals surface area contributed by atoms with Crippen LogP contribution in [-0.4, -0.2) is 8.75 Å². The summed E-state index contributed by atoms with van der Waals surface area (Å²) < 4.78 is 9.52. The van der Waals surface area contributed by atoms with E-state index in [1.54, 1.807) is 17.9 Å². The molecule has 0 amide bonds. The number of fused-ring (bicyclic) bond motifs is 1. The summed E-state index contributed by atoms with van der Waals surface area (Å²) in [5.74, 6) is 0. The third kappa shape index (κ3) is 1.41. The minimum atomic E-state index is 1.21. The van der Waals surface area contributed by atoms with E-state index in [1.807, 2.05) is 12.1 Å². The average molecular weight is 182 g/mol. The summed E-state index contributed by atoms with van der Waals surface area (Å²) in [5, 5.41) is 0. The van der Waals surface area contributed by atoms with Gasteiger partial charge >= 0.3 is 0 Å². The van der Waals surface area contributed by atoms with E-state index in [4.69, 9.17) is 0 Å². The van der Waals surface area contributed by atoms with Crippen LogP contribution in [0.15, 0.2) is 30.6 Å². The number of benzene rings is 1. The van der Waals surface area contributed by atoms with Crippen molar-refractivity contribution in [2.75, 3.05) is 0 Å². The Bertz CT molecular complexity index is 348. The standard InChI is InChI=1S/C7H6N2S2/c1-2-4-7-6(3-1)10-8-5-9-11-7/h1-5H,(H,8,9). The van der Waals surface area contributed by atoms with E-state index in [9.17, 15) is 0 Å². The molecule has 0 unspecified atom stereocenters. The summed E-state index contributed by atoms with van der Waals surface area (Å²) in [5.41, 5.74) is 0. The maximum Gasteiger partial charge on any atom is 0.114 e. The van der Waals surface area contributed by atoms with Crippen LogP contribution in [0.3, 0.4) is 0 Å². The van der Waals surface area contributed by atoms with E-state index < -0.39 is 0 Å². The van der Waals surface area contributed by atoms with Crippen molar-refractivity contribution in [3.8, 4) is 0 Å². The Labute approximate surface area is 72.1 Å². The van der Waals surface area contributed by atoms with Gasteiger partial charge in [-0.05, 0) is 23.7 Å². The Morgan fingerprint density at radius 3 is 2.91 bits per heavy atom. The number of aromatic nitrogens is 2. The van der Waals surface area contributed by atoms with Crippen molar-refractivity contribution >= 4 is 32.5 Å². The van der Waals surface area contributed by atoms with Crippen molar-refractivity contribution in [2.24, 2.45) is 0 Å². The van der Waals surface area contributed by atoms with Crippen molar-refractivity contribution in [3.63, 3.8) is 0 Å². The molecule has 2 nitrogen and oxygen atoms in total. The van der Waals surface area contributed by atoms with Gasteiger partial charge in [0, 0.05) is 0 Å². The van der Waals surface area contributed by atoms with Gasteiger partial charge in [0.15, 0.2) is 0 Å². The van der Waals surface area contributed by atoms with Gasteiger partial charge < -0.3 is 4.37 Å². The molecular formula is C7H6N2S2. The predicted molar refractivity (Wildman–Crippen MR) is 49.5 cm³/mol. The van der Waals surface area contributed by atoms with Crippen LogP contribution in [0.2, 0.25) is 0 Å². The van der Waals surface area contributed by atoms with Gasteiger partial charge in [-0.1, -0.05) is 23.7 Å². The molecule has 0 bridgehead atoms. The Morgan fingerprint density at radius 2 is 2.00 bits per heavy atom. The SMILES string of the molecule is c1ccc2s[nH]cnsc2c1. The molecule has 1 aromatic carbocycles. The number of hydrogen-bond acceptors (Lipinski definition) is 3. The lowest BCUT2D eigenvalue weighted by atomic mass is 10.4. The lowest BCUT2D eigenvalue weighted by Crippen LogP contribution is -1.58. The summed E-state index contributed by atoms with van der Waals surface area (Å²) in [4.78, 5) is 0. The first-order chi connectivity index (χ1) is 5.47.